The number of rotatable bonds is 6. The van der Waals surface area contributed by atoms with E-state index in [0.717, 1.165) is 35.3 Å². The Balaban J connectivity index is 1.29. The van der Waals surface area contributed by atoms with Gasteiger partial charge in [-0.3, -0.25) is 14.2 Å². The molecule has 11 nitrogen and oxygen atoms in total. The summed E-state index contributed by atoms with van der Waals surface area (Å²) < 4.78 is 3.68. The maximum absolute atomic E-state index is 13.0. The van der Waals surface area contributed by atoms with E-state index in [1.54, 1.807) is 10.9 Å². The molecule has 1 aliphatic rings. The maximum atomic E-state index is 13.0. The zero-order valence-electron chi connectivity index (χ0n) is 23.1. The number of nitrogens with zero attached hydrogens (tertiary/aromatic N) is 6. The Morgan fingerprint density at radius 1 is 1.07 bits per heavy atom. The fourth-order valence-electron chi connectivity index (χ4n) is 5.60. The number of aromatic nitrogens is 6. The first-order chi connectivity index (χ1) is 20.9. The Kier molecular flexibility index (Phi) is 6.19. The fourth-order valence-corrected chi connectivity index (χ4v) is 5.60. The molecule has 0 saturated carbocycles. The number of pyridine rings is 2. The number of aromatic hydroxyl groups is 1. The van der Waals surface area contributed by atoms with E-state index >= 15 is 0 Å². The second-order valence-corrected chi connectivity index (χ2v) is 10.5. The summed E-state index contributed by atoms with van der Waals surface area (Å²) in [6, 6.07) is 19.6. The van der Waals surface area contributed by atoms with Crippen LogP contribution >= 0.6 is 0 Å². The van der Waals surface area contributed by atoms with Crippen LogP contribution in [0.5, 0.6) is 5.75 Å². The van der Waals surface area contributed by atoms with Crippen molar-refractivity contribution in [2.75, 3.05) is 5.73 Å². The molecule has 0 saturated heterocycles. The van der Waals surface area contributed by atoms with Crippen LogP contribution in [0.15, 0.2) is 79.1 Å². The Labute approximate surface area is 245 Å². The van der Waals surface area contributed by atoms with E-state index in [1.165, 1.54) is 18.2 Å². The van der Waals surface area contributed by atoms with Gasteiger partial charge in [0.15, 0.2) is 23.6 Å². The van der Waals surface area contributed by atoms with Crippen molar-refractivity contribution in [2.45, 2.75) is 25.8 Å². The highest BCUT2D eigenvalue weighted by atomic mass is 16.3. The van der Waals surface area contributed by atoms with E-state index in [2.05, 4.69) is 21.5 Å². The second kappa shape index (κ2) is 10.2. The minimum Gasteiger partial charge on any atom is -0.507 e. The topological polar surface area (TPSA) is 154 Å². The Hall–Kier alpha value is -5.84. The van der Waals surface area contributed by atoms with E-state index in [4.69, 9.17) is 15.7 Å². The summed E-state index contributed by atoms with van der Waals surface area (Å²) in [7, 11) is 0. The molecule has 43 heavy (non-hydrogen) atoms. The van der Waals surface area contributed by atoms with Gasteiger partial charge >= 0.3 is 0 Å². The van der Waals surface area contributed by atoms with Crippen molar-refractivity contribution in [2.24, 2.45) is 0 Å². The molecule has 4 N–H and O–H groups in total. The highest BCUT2D eigenvalue weighted by Crippen LogP contribution is 2.36. The normalized spacial score (nSPS) is 14.1. The molecule has 11 heteroatoms. The number of nitrogen functional groups attached to an aromatic ring is 1. The van der Waals surface area contributed by atoms with Crippen molar-refractivity contribution in [3.8, 4) is 28.6 Å². The SMILES string of the molecule is Cc1ccc(-c2nc3ccc(-n4cccn4)nc3n2-c2ccc3c(c2)CC[C@@H]3NC(=O)c2ccc(O)c(C=O)c2)c(N)n1. The Morgan fingerprint density at radius 2 is 1.95 bits per heavy atom. The quantitative estimate of drug-likeness (QED) is 0.248. The van der Waals surface area contributed by atoms with Gasteiger partial charge in [-0.1, -0.05) is 6.07 Å². The van der Waals surface area contributed by atoms with E-state index in [0.29, 0.717) is 46.0 Å². The van der Waals surface area contributed by atoms with Gasteiger partial charge in [-0.2, -0.15) is 5.10 Å². The number of imidazole rings is 1. The molecular weight excluding hydrogens is 544 g/mol. The fraction of sp³-hybridized carbons (Fsp3) is 0.125. The summed E-state index contributed by atoms with van der Waals surface area (Å²) in [4.78, 5) is 38.6. The van der Waals surface area contributed by atoms with Crippen LogP contribution in [0.4, 0.5) is 5.82 Å². The third kappa shape index (κ3) is 4.56. The minimum atomic E-state index is -0.314. The number of carbonyl (C=O) groups is 2. The lowest BCUT2D eigenvalue weighted by Gasteiger charge is -2.16. The van der Waals surface area contributed by atoms with Gasteiger partial charge in [-0.05, 0) is 91.6 Å². The van der Waals surface area contributed by atoms with E-state index in [9.17, 15) is 14.7 Å². The van der Waals surface area contributed by atoms with Crippen molar-refractivity contribution >= 4 is 29.2 Å². The van der Waals surface area contributed by atoms with E-state index in [-0.39, 0.29) is 23.3 Å². The molecular formula is C32H26N8O3. The molecule has 0 aliphatic heterocycles. The summed E-state index contributed by atoms with van der Waals surface area (Å²) in [5.74, 6) is 1.17. The van der Waals surface area contributed by atoms with Gasteiger partial charge in [-0.15, -0.1) is 0 Å². The van der Waals surface area contributed by atoms with Crippen molar-refractivity contribution in [3.63, 3.8) is 0 Å². The van der Waals surface area contributed by atoms with Gasteiger partial charge in [0.2, 0.25) is 0 Å². The third-order valence-electron chi connectivity index (χ3n) is 7.72. The third-order valence-corrected chi connectivity index (χ3v) is 7.72. The van der Waals surface area contributed by atoms with Crippen LogP contribution in [0.3, 0.4) is 0 Å². The van der Waals surface area contributed by atoms with Crippen molar-refractivity contribution in [3.05, 3.63) is 107 Å². The molecule has 4 heterocycles. The molecule has 2 aromatic carbocycles. The van der Waals surface area contributed by atoms with Gasteiger partial charge < -0.3 is 16.2 Å². The lowest BCUT2D eigenvalue weighted by molar-refractivity contribution is 0.0936. The molecule has 1 atom stereocenters. The number of aldehydes is 1. The van der Waals surface area contributed by atoms with Crippen LogP contribution in [0, 0.1) is 6.92 Å². The van der Waals surface area contributed by atoms with Crippen LogP contribution in [-0.2, 0) is 6.42 Å². The molecule has 6 aromatic rings. The highest BCUT2D eigenvalue weighted by Gasteiger charge is 2.26. The summed E-state index contributed by atoms with van der Waals surface area (Å²) in [6.07, 6.45) is 5.54. The number of hydrogen-bond donors (Lipinski definition) is 3. The number of carbonyl (C=O) groups excluding carboxylic acids is 2. The number of nitrogens with two attached hydrogens (primary N) is 1. The van der Waals surface area contributed by atoms with Gasteiger partial charge in [0, 0.05) is 29.3 Å². The molecule has 0 unspecified atom stereocenters. The van der Waals surface area contributed by atoms with Gasteiger partial charge in [0.1, 0.15) is 17.1 Å². The van der Waals surface area contributed by atoms with Crippen molar-refractivity contribution < 1.29 is 14.7 Å². The zero-order valence-corrected chi connectivity index (χ0v) is 23.1. The number of fused-ring (bicyclic) bond motifs is 2. The van der Waals surface area contributed by atoms with Crippen LogP contribution < -0.4 is 11.1 Å². The molecule has 0 bridgehead atoms. The number of benzene rings is 2. The predicted octanol–water partition coefficient (Wildman–Crippen LogP) is 4.49. The lowest BCUT2D eigenvalue weighted by atomic mass is 10.1. The molecule has 212 valence electrons. The number of phenols is 1. The standard InChI is InChI=1S/C32H26N8O3/c1-18-3-7-24(29(33)35-18)30-36-26-10-12-28(39-14-2-13-34-39)38-31(26)40(30)22-6-8-23-19(16-22)4-9-25(23)37-32(43)20-5-11-27(42)21(15-20)17-41/h2-3,5-8,10-17,25,42H,4,9H2,1H3,(H2,33,35)(H,37,43)/t25-/m0/s1. The summed E-state index contributed by atoms with van der Waals surface area (Å²) in [5.41, 5.74) is 12.6. The van der Waals surface area contributed by atoms with Crippen molar-refractivity contribution in [1.29, 1.82) is 0 Å². The van der Waals surface area contributed by atoms with Crippen LogP contribution in [-0.4, -0.2) is 46.6 Å². The lowest BCUT2D eigenvalue weighted by Crippen LogP contribution is -2.27. The average Bonchev–Trinajstić information content (AvgIpc) is 3.76. The number of amides is 1. The van der Waals surface area contributed by atoms with E-state index < -0.39 is 0 Å². The summed E-state index contributed by atoms with van der Waals surface area (Å²) in [6.45, 7) is 1.89. The average molecular weight is 571 g/mol. The maximum Gasteiger partial charge on any atom is 0.251 e. The number of aryl methyl sites for hydroxylation is 2. The number of phenolic OH excluding ortho intramolecular Hbond substituents is 1. The van der Waals surface area contributed by atoms with Gasteiger partial charge in [0.25, 0.3) is 5.91 Å². The molecule has 4 aromatic heterocycles. The minimum absolute atomic E-state index is 0.0706. The molecule has 0 spiro atoms. The largest absolute Gasteiger partial charge is 0.507 e. The van der Waals surface area contributed by atoms with Crippen LogP contribution in [0.25, 0.3) is 34.1 Å². The van der Waals surface area contributed by atoms with Crippen LogP contribution in [0.2, 0.25) is 0 Å². The Bertz CT molecular complexity index is 2050. The Morgan fingerprint density at radius 3 is 2.74 bits per heavy atom. The van der Waals surface area contributed by atoms with E-state index in [1.807, 2.05) is 60.2 Å². The smallest absolute Gasteiger partial charge is 0.251 e. The zero-order chi connectivity index (χ0) is 29.7. The predicted molar refractivity (Wildman–Crippen MR) is 160 cm³/mol. The number of anilines is 1. The first kappa shape index (κ1) is 26.1. The van der Waals surface area contributed by atoms with Crippen LogP contribution in [0.1, 0.15) is 50.0 Å². The molecule has 0 radical (unpaired) electrons. The molecule has 1 aliphatic carbocycles. The number of nitrogens with one attached hydrogen (secondary N) is 1. The second-order valence-electron chi connectivity index (χ2n) is 10.5. The van der Waals surface area contributed by atoms with Crippen molar-refractivity contribution in [1.82, 2.24) is 34.6 Å². The highest BCUT2D eigenvalue weighted by molar-refractivity contribution is 5.96. The number of hydrogen-bond acceptors (Lipinski definition) is 8. The summed E-state index contributed by atoms with van der Waals surface area (Å²) in [5, 5.41) is 17.2. The van der Waals surface area contributed by atoms with Gasteiger partial charge in [-0.25, -0.2) is 19.6 Å². The molecule has 1 amide bonds. The monoisotopic (exact) mass is 570 g/mol. The first-order valence-electron chi connectivity index (χ1n) is 13.7. The first-order valence-corrected chi connectivity index (χ1v) is 13.7. The summed E-state index contributed by atoms with van der Waals surface area (Å²) >= 11 is 0. The molecule has 0 fully saturated rings. The molecule has 7 rings (SSSR count). The van der Waals surface area contributed by atoms with Gasteiger partial charge in [0.05, 0.1) is 17.2 Å².